The first kappa shape index (κ1) is 8.97. The molecule has 0 bridgehead atoms. The van der Waals surface area contributed by atoms with Crippen LogP contribution >= 0.6 is 33.9 Å². The molecule has 0 saturated carbocycles. The topological polar surface area (TPSA) is 23.8 Å². The van der Waals surface area contributed by atoms with Crippen LogP contribution in [0.4, 0.5) is 0 Å². The van der Waals surface area contributed by atoms with Crippen LogP contribution in [0.1, 0.15) is 10.4 Å². The Morgan fingerprint density at radius 3 is 2.85 bits per heavy atom. The maximum absolute atomic E-state index is 8.87. The quantitative estimate of drug-likeness (QED) is 0.681. The van der Waals surface area contributed by atoms with Crippen molar-refractivity contribution in [3.05, 3.63) is 32.2 Å². The molecular weight excluding hydrogens is 293 g/mol. The minimum atomic E-state index is 0.824. The zero-order valence-electron chi connectivity index (χ0n) is 6.97. The molecule has 1 aromatic carbocycles. The standard InChI is InChI=1S/C10H6INS/c1-6-3-2-4-7-9(11)8(5-12)13-10(6)7/h2-4H,1H3. The molecule has 64 valence electrons. The Hall–Kier alpha value is -0.600. The van der Waals surface area contributed by atoms with Gasteiger partial charge < -0.3 is 0 Å². The van der Waals surface area contributed by atoms with E-state index >= 15 is 0 Å². The summed E-state index contributed by atoms with van der Waals surface area (Å²) in [6.07, 6.45) is 0. The zero-order chi connectivity index (χ0) is 9.42. The molecule has 0 N–H and O–H groups in total. The average molecular weight is 299 g/mol. The SMILES string of the molecule is Cc1cccc2c(I)c(C#N)sc12. The number of nitriles is 1. The van der Waals surface area contributed by atoms with Crippen LogP contribution in [0.2, 0.25) is 0 Å². The fourth-order valence-corrected chi connectivity index (χ4v) is 3.34. The second-order valence-electron chi connectivity index (χ2n) is 2.81. The van der Waals surface area contributed by atoms with Crippen molar-refractivity contribution >= 4 is 44.0 Å². The summed E-state index contributed by atoms with van der Waals surface area (Å²) >= 11 is 3.82. The predicted molar refractivity (Wildman–Crippen MR) is 64.0 cm³/mol. The molecule has 0 atom stereocenters. The van der Waals surface area contributed by atoms with E-state index in [9.17, 15) is 0 Å². The summed E-state index contributed by atoms with van der Waals surface area (Å²) in [5.74, 6) is 0. The molecule has 0 amide bonds. The van der Waals surface area contributed by atoms with Gasteiger partial charge in [-0.15, -0.1) is 11.3 Å². The van der Waals surface area contributed by atoms with E-state index in [1.165, 1.54) is 15.6 Å². The van der Waals surface area contributed by atoms with Crippen LogP contribution in [0.5, 0.6) is 0 Å². The van der Waals surface area contributed by atoms with Crippen molar-refractivity contribution < 1.29 is 0 Å². The first-order chi connectivity index (χ1) is 6.24. The maximum Gasteiger partial charge on any atom is 0.119 e. The summed E-state index contributed by atoms with van der Waals surface area (Å²) in [4.78, 5) is 0.824. The van der Waals surface area contributed by atoms with Gasteiger partial charge in [-0.1, -0.05) is 18.2 Å². The van der Waals surface area contributed by atoms with Crippen molar-refractivity contribution in [2.45, 2.75) is 6.92 Å². The molecular formula is C10H6INS. The average Bonchev–Trinajstić information content (AvgIpc) is 2.45. The lowest BCUT2D eigenvalue weighted by Crippen LogP contribution is -1.72. The first-order valence-electron chi connectivity index (χ1n) is 3.81. The molecule has 0 aliphatic carbocycles. The number of halogens is 1. The first-order valence-corrected chi connectivity index (χ1v) is 5.71. The Labute approximate surface area is 94.1 Å². The third-order valence-corrected chi connectivity index (χ3v) is 4.69. The van der Waals surface area contributed by atoms with E-state index in [-0.39, 0.29) is 0 Å². The highest BCUT2D eigenvalue weighted by atomic mass is 127. The van der Waals surface area contributed by atoms with Crippen LogP contribution in [0.25, 0.3) is 10.1 Å². The van der Waals surface area contributed by atoms with Gasteiger partial charge in [0.05, 0.1) is 0 Å². The highest BCUT2D eigenvalue weighted by molar-refractivity contribution is 14.1. The summed E-state index contributed by atoms with van der Waals surface area (Å²) in [7, 11) is 0. The molecule has 1 nitrogen and oxygen atoms in total. The monoisotopic (exact) mass is 299 g/mol. The molecule has 0 aliphatic heterocycles. The number of rotatable bonds is 0. The Bertz CT molecular complexity index is 507. The van der Waals surface area contributed by atoms with Crippen LogP contribution in [-0.2, 0) is 0 Å². The van der Waals surface area contributed by atoms with E-state index in [0.717, 1.165) is 8.45 Å². The third-order valence-electron chi connectivity index (χ3n) is 1.95. The second kappa shape index (κ2) is 3.28. The summed E-state index contributed by atoms with van der Waals surface area (Å²) in [5.41, 5.74) is 1.25. The molecule has 0 fully saturated rings. The van der Waals surface area contributed by atoms with Crippen molar-refractivity contribution in [1.82, 2.24) is 0 Å². The van der Waals surface area contributed by atoms with Crippen LogP contribution < -0.4 is 0 Å². The van der Waals surface area contributed by atoms with E-state index in [4.69, 9.17) is 5.26 Å². The van der Waals surface area contributed by atoms with Crippen molar-refractivity contribution in [1.29, 1.82) is 5.26 Å². The van der Waals surface area contributed by atoms with Gasteiger partial charge in [0.25, 0.3) is 0 Å². The lowest BCUT2D eigenvalue weighted by molar-refractivity contribution is 1.52. The number of hydrogen-bond donors (Lipinski definition) is 0. The van der Waals surface area contributed by atoms with Gasteiger partial charge in [-0.05, 0) is 35.1 Å². The fourth-order valence-electron chi connectivity index (χ4n) is 1.30. The van der Waals surface area contributed by atoms with Crippen LogP contribution in [0, 0.1) is 21.8 Å². The van der Waals surface area contributed by atoms with E-state index in [1.807, 2.05) is 6.07 Å². The minimum Gasteiger partial charge on any atom is -0.191 e. The van der Waals surface area contributed by atoms with Gasteiger partial charge in [0.2, 0.25) is 0 Å². The van der Waals surface area contributed by atoms with E-state index in [2.05, 4.69) is 47.7 Å². The summed E-state index contributed by atoms with van der Waals surface area (Å²) in [6.45, 7) is 2.08. The summed E-state index contributed by atoms with van der Waals surface area (Å²) < 4.78 is 2.33. The van der Waals surface area contributed by atoms with Crippen molar-refractivity contribution in [3.8, 4) is 6.07 Å². The van der Waals surface area contributed by atoms with Gasteiger partial charge in [-0.25, -0.2) is 0 Å². The van der Waals surface area contributed by atoms with Crippen molar-refractivity contribution in [2.24, 2.45) is 0 Å². The largest absolute Gasteiger partial charge is 0.191 e. The number of fused-ring (bicyclic) bond motifs is 1. The number of aryl methyl sites for hydroxylation is 1. The second-order valence-corrected chi connectivity index (χ2v) is 4.91. The van der Waals surface area contributed by atoms with Crippen molar-refractivity contribution in [3.63, 3.8) is 0 Å². The lowest BCUT2D eigenvalue weighted by Gasteiger charge is -1.93. The number of nitrogens with zero attached hydrogens (tertiary/aromatic N) is 1. The number of thiophene rings is 1. The van der Waals surface area contributed by atoms with E-state index in [0.29, 0.717) is 0 Å². The van der Waals surface area contributed by atoms with Gasteiger partial charge in [0.15, 0.2) is 0 Å². The highest BCUT2D eigenvalue weighted by Gasteiger charge is 2.09. The third kappa shape index (κ3) is 1.34. The van der Waals surface area contributed by atoms with Gasteiger partial charge in [0, 0.05) is 13.7 Å². The molecule has 0 spiro atoms. The smallest absolute Gasteiger partial charge is 0.119 e. The molecule has 0 radical (unpaired) electrons. The predicted octanol–water partition coefficient (Wildman–Crippen LogP) is 3.69. The summed E-state index contributed by atoms with van der Waals surface area (Å²) in [5, 5.41) is 10.1. The van der Waals surface area contributed by atoms with E-state index in [1.54, 1.807) is 11.3 Å². The molecule has 13 heavy (non-hydrogen) atoms. The van der Waals surface area contributed by atoms with Gasteiger partial charge in [-0.2, -0.15) is 5.26 Å². The Balaban J connectivity index is 2.94. The normalized spacial score (nSPS) is 10.2. The van der Waals surface area contributed by atoms with Gasteiger partial charge in [0.1, 0.15) is 10.9 Å². The van der Waals surface area contributed by atoms with Crippen LogP contribution in [0.3, 0.4) is 0 Å². The molecule has 0 saturated heterocycles. The zero-order valence-corrected chi connectivity index (χ0v) is 9.94. The Kier molecular flexibility index (Phi) is 2.26. The number of benzene rings is 1. The fraction of sp³-hybridized carbons (Fsp3) is 0.100. The minimum absolute atomic E-state index is 0.824. The lowest BCUT2D eigenvalue weighted by atomic mass is 10.2. The molecule has 2 rings (SSSR count). The van der Waals surface area contributed by atoms with E-state index < -0.39 is 0 Å². The van der Waals surface area contributed by atoms with Crippen LogP contribution in [-0.4, -0.2) is 0 Å². The molecule has 2 aromatic rings. The van der Waals surface area contributed by atoms with Gasteiger partial charge >= 0.3 is 0 Å². The number of hydrogen-bond acceptors (Lipinski definition) is 2. The molecule has 3 heteroatoms. The maximum atomic E-state index is 8.87. The molecule has 1 heterocycles. The molecule has 0 aliphatic rings. The highest BCUT2D eigenvalue weighted by Crippen LogP contribution is 2.33. The Morgan fingerprint density at radius 1 is 1.46 bits per heavy atom. The molecule has 0 unspecified atom stereocenters. The van der Waals surface area contributed by atoms with Gasteiger partial charge in [-0.3, -0.25) is 0 Å². The Morgan fingerprint density at radius 2 is 2.23 bits per heavy atom. The van der Waals surface area contributed by atoms with Crippen LogP contribution in [0.15, 0.2) is 18.2 Å². The molecule has 1 aromatic heterocycles. The van der Waals surface area contributed by atoms with Crippen molar-refractivity contribution in [2.75, 3.05) is 0 Å². The summed E-state index contributed by atoms with van der Waals surface area (Å²) in [6, 6.07) is 8.41.